The SMILES string of the molecule is Cn1c(=O)n(C2CCC(=O)NC2=O)c2ccc(C3CCN(C4CCN(C(=O)CO[C@@H]5CCN(C(=O)[C@@H](NC(=O)c6cc7cc(C(F)(F)P(=O)(O)O)ccc7s6)C(C)(C)C)[C@@H]5C(=O)N5CCO[C@H](c6ccccc6)C5)CC4)CC3)cc21. The number of imidazole rings is 1. The van der Waals surface area contributed by atoms with Gasteiger partial charge < -0.3 is 44.2 Å². The minimum Gasteiger partial charge on any atom is -0.370 e. The first-order valence-corrected chi connectivity index (χ1v) is 29.6. The first-order valence-electron chi connectivity index (χ1n) is 27.2. The molecule has 5 fully saturated rings. The van der Waals surface area contributed by atoms with Crippen LogP contribution in [0.3, 0.4) is 0 Å². The summed E-state index contributed by atoms with van der Waals surface area (Å²) in [7, 11) is -4.16. The van der Waals surface area contributed by atoms with Gasteiger partial charge in [0.1, 0.15) is 30.8 Å². The van der Waals surface area contributed by atoms with Crippen molar-refractivity contribution in [1.82, 2.24) is 39.4 Å². The summed E-state index contributed by atoms with van der Waals surface area (Å²) in [6, 6.07) is 17.0. The number of hydrogen-bond acceptors (Lipinski definition) is 12. The molecule has 0 aliphatic carbocycles. The van der Waals surface area contributed by atoms with E-state index in [2.05, 4.69) is 15.5 Å². The zero-order valence-electron chi connectivity index (χ0n) is 45.1. The van der Waals surface area contributed by atoms with Crippen LogP contribution in [0.2, 0.25) is 0 Å². The number of nitrogens with one attached hydrogen (secondary N) is 2. The molecular weight excluding hydrogens is 1080 g/mol. The number of aryl methyl sites for hydroxylation is 1. The lowest BCUT2D eigenvalue weighted by molar-refractivity contribution is -0.156. The summed E-state index contributed by atoms with van der Waals surface area (Å²) < 4.78 is 56.8. The van der Waals surface area contributed by atoms with Crippen LogP contribution in [0.4, 0.5) is 8.78 Å². The Labute approximate surface area is 464 Å². The Balaban J connectivity index is 0.783. The number of fused-ring (bicyclic) bond motifs is 2. The molecule has 4 N–H and O–H groups in total. The van der Waals surface area contributed by atoms with E-state index in [4.69, 9.17) is 9.47 Å². The smallest absolute Gasteiger partial charge is 0.370 e. The van der Waals surface area contributed by atoms with E-state index >= 15 is 0 Å². The number of nitrogens with zero attached hydrogens (tertiary/aromatic N) is 6. The molecule has 0 bridgehead atoms. The van der Waals surface area contributed by atoms with Crippen LogP contribution in [0.15, 0.2) is 77.6 Å². The van der Waals surface area contributed by atoms with Crippen LogP contribution in [-0.4, -0.2) is 157 Å². The Kier molecular flexibility index (Phi) is 16.1. The van der Waals surface area contributed by atoms with E-state index in [0.29, 0.717) is 23.3 Å². The number of imide groups is 1. The van der Waals surface area contributed by atoms with E-state index in [0.717, 1.165) is 78.9 Å². The van der Waals surface area contributed by atoms with Gasteiger partial charge in [-0.3, -0.25) is 47.8 Å². The molecule has 10 rings (SSSR count). The second kappa shape index (κ2) is 22.6. The number of morpholine rings is 1. The fourth-order valence-electron chi connectivity index (χ4n) is 12.1. The molecule has 5 aliphatic rings. The average molecular weight is 1150 g/mol. The van der Waals surface area contributed by atoms with Gasteiger partial charge >= 0.3 is 18.9 Å². The number of aromatic nitrogens is 2. The minimum absolute atomic E-state index is 0.0600. The second-order valence-corrected chi connectivity index (χ2v) is 25.5. The zero-order valence-corrected chi connectivity index (χ0v) is 46.8. The fourth-order valence-corrected chi connectivity index (χ4v) is 13.5. The lowest BCUT2D eigenvalue weighted by atomic mass is 9.85. The normalized spacial score (nSPS) is 22.7. The lowest BCUT2D eigenvalue weighted by Crippen LogP contribution is -2.60. The molecule has 428 valence electrons. The molecule has 5 aliphatic heterocycles. The van der Waals surface area contributed by atoms with Gasteiger partial charge in [-0.2, -0.15) is 8.78 Å². The number of carbonyl (C=O) groups excluding carboxylic acids is 6. The molecule has 80 heavy (non-hydrogen) atoms. The van der Waals surface area contributed by atoms with Crippen LogP contribution in [-0.2, 0) is 50.7 Å². The third-order valence-corrected chi connectivity index (χ3v) is 18.8. The summed E-state index contributed by atoms with van der Waals surface area (Å²) in [5.74, 6) is -2.41. The molecule has 1 unspecified atom stereocenters. The molecule has 20 nitrogen and oxygen atoms in total. The number of hydrogen-bond donors (Lipinski definition) is 4. The van der Waals surface area contributed by atoms with Crippen molar-refractivity contribution in [3.8, 4) is 0 Å². The zero-order chi connectivity index (χ0) is 57.0. The quantitative estimate of drug-likeness (QED) is 0.0859. The predicted molar refractivity (Wildman–Crippen MR) is 292 cm³/mol. The van der Waals surface area contributed by atoms with E-state index in [1.165, 1.54) is 21.6 Å². The molecule has 7 heterocycles. The van der Waals surface area contributed by atoms with E-state index < -0.39 is 72.3 Å². The number of ether oxygens (including phenoxy) is 2. The maximum Gasteiger partial charge on any atom is 0.399 e. The maximum atomic E-state index is 15.0. The van der Waals surface area contributed by atoms with E-state index in [1.54, 1.807) is 42.2 Å². The van der Waals surface area contributed by atoms with Crippen molar-refractivity contribution in [2.45, 2.75) is 114 Å². The van der Waals surface area contributed by atoms with Crippen molar-refractivity contribution in [3.63, 3.8) is 0 Å². The number of benzene rings is 3. The largest absolute Gasteiger partial charge is 0.399 e. The molecule has 3 aromatic carbocycles. The molecule has 5 atom stereocenters. The highest BCUT2D eigenvalue weighted by molar-refractivity contribution is 7.52. The van der Waals surface area contributed by atoms with Crippen molar-refractivity contribution in [3.05, 3.63) is 105 Å². The predicted octanol–water partition coefficient (Wildman–Crippen LogP) is 5.36. The van der Waals surface area contributed by atoms with Crippen LogP contribution >= 0.6 is 18.9 Å². The number of amides is 6. The number of halogens is 2. The second-order valence-electron chi connectivity index (χ2n) is 22.7. The summed E-state index contributed by atoms with van der Waals surface area (Å²) in [6.07, 6.45) is 2.70. The standard InChI is InChI=1S/C56H67F2N8O12PS/c1-55(2,3)49(60-51(70)45-30-36-28-37(11-14-44(36)80-45)56(57,58)79(74,75)76)53(72)65-25-20-42(48(65)52(71)64-26-27-77-43(31-64)34-8-6-5-7-9-34)78-32-47(68)63-23-18-38(19-24-63)62-21-16-33(17-22-62)35-10-12-39-41(29-35)61(4)54(73)66(39)40-13-15-46(67)59-50(40)69/h5-12,14,28-30,33,38,40,42-43,48-49H,13,15-27,31-32H2,1-4H3,(H,60,70)(H,59,67,69)(H2,74,75,76)/t40?,42-,43+,48+,49-/m1/s1. The average Bonchev–Trinajstić information content (AvgIpc) is 4.14. The molecule has 2 aromatic heterocycles. The summed E-state index contributed by atoms with van der Waals surface area (Å²) in [6.45, 7) is 8.48. The van der Waals surface area contributed by atoms with Gasteiger partial charge in [-0.1, -0.05) is 63.2 Å². The van der Waals surface area contributed by atoms with Gasteiger partial charge in [-0.05, 0) is 110 Å². The first-order chi connectivity index (χ1) is 38.0. The first kappa shape index (κ1) is 57.1. The van der Waals surface area contributed by atoms with Gasteiger partial charge in [-0.15, -0.1) is 11.3 Å². The molecule has 5 aromatic rings. The van der Waals surface area contributed by atoms with Crippen LogP contribution in [0, 0.1) is 5.41 Å². The Morgan fingerprint density at radius 2 is 1.57 bits per heavy atom. The van der Waals surface area contributed by atoms with Crippen LogP contribution in [0.5, 0.6) is 0 Å². The number of rotatable bonds is 13. The molecule has 0 saturated carbocycles. The number of likely N-dealkylation sites (tertiary alicyclic amines) is 3. The Morgan fingerprint density at radius 1 is 0.850 bits per heavy atom. The van der Waals surface area contributed by atoms with Gasteiger partial charge in [0.05, 0.1) is 35.2 Å². The highest BCUT2D eigenvalue weighted by atomic mass is 32.1. The topological polar surface area (TPSA) is 242 Å². The number of alkyl halides is 2. The molecule has 5 saturated heterocycles. The summed E-state index contributed by atoms with van der Waals surface area (Å²) in [4.78, 5) is 122. The monoisotopic (exact) mass is 1140 g/mol. The van der Waals surface area contributed by atoms with E-state index in [1.807, 2.05) is 48.5 Å². The Hall–Kier alpha value is -6.20. The van der Waals surface area contributed by atoms with Crippen LogP contribution in [0.25, 0.3) is 21.1 Å². The lowest BCUT2D eigenvalue weighted by Gasteiger charge is -2.42. The van der Waals surface area contributed by atoms with Crippen molar-refractivity contribution < 1.29 is 61.4 Å². The summed E-state index contributed by atoms with van der Waals surface area (Å²) in [5.41, 5.74) is -3.19. The van der Waals surface area contributed by atoms with Gasteiger partial charge in [0.15, 0.2) is 0 Å². The Bertz CT molecular complexity index is 3320. The number of piperidine rings is 3. The van der Waals surface area contributed by atoms with Gasteiger partial charge in [0.2, 0.25) is 29.5 Å². The minimum atomic E-state index is -5.86. The maximum absolute atomic E-state index is 15.0. The van der Waals surface area contributed by atoms with Crippen LogP contribution in [0.1, 0.15) is 110 Å². The van der Waals surface area contributed by atoms with Gasteiger partial charge in [-0.25, -0.2) is 4.79 Å². The van der Waals surface area contributed by atoms with Gasteiger partial charge in [0, 0.05) is 56.0 Å². The third-order valence-electron chi connectivity index (χ3n) is 16.7. The van der Waals surface area contributed by atoms with Crippen molar-refractivity contribution in [1.29, 1.82) is 0 Å². The van der Waals surface area contributed by atoms with E-state index in [-0.39, 0.29) is 97.7 Å². The third kappa shape index (κ3) is 11.4. The van der Waals surface area contributed by atoms with Gasteiger partial charge in [0.25, 0.3) is 5.91 Å². The highest BCUT2D eigenvalue weighted by Crippen LogP contribution is 2.59. The van der Waals surface area contributed by atoms with Crippen molar-refractivity contribution in [2.24, 2.45) is 12.5 Å². The Morgan fingerprint density at radius 3 is 2.26 bits per heavy atom. The molecule has 0 spiro atoms. The summed E-state index contributed by atoms with van der Waals surface area (Å²) >= 11 is 0.954. The molecular formula is C56H67F2N8O12PS. The molecule has 6 amide bonds. The molecule has 24 heteroatoms. The van der Waals surface area contributed by atoms with E-state index in [9.17, 15) is 56.7 Å². The van der Waals surface area contributed by atoms with Crippen LogP contribution < -0.4 is 16.3 Å². The highest BCUT2D eigenvalue weighted by Gasteiger charge is 2.51. The van der Waals surface area contributed by atoms with Crippen molar-refractivity contribution >= 4 is 75.5 Å². The summed E-state index contributed by atoms with van der Waals surface area (Å²) in [5, 5.41) is 5.35. The fraction of sp³-hybridized carbons (Fsp3) is 0.518. The number of carbonyl (C=O) groups is 6. The number of thiophene rings is 1. The van der Waals surface area contributed by atoms with Crippen molar-refractivity contribution in [2.75, 3.05) is 59.0 Å². The molecule has 0 radical (unpaired) electrons.